The standard InChI is InChI=1S/C29H41N3O5/c1-28-15-16-29(37-28)23(22(28)25(34)30-19-20-11-5-2-6-12-20)27(36)32(17-9-4-10-18-33)24(29)26(35)31-21-13-7-3-8-14-21/h2,5-6,11-12,21-24,33H,3-4,7-10,13-19H2,1H3,(H,30,34)(H,31,35)/t22-,23+,24?,28+,29?/m1/s1. The molecule has 3 saturated heterocycles. The number of aliphatic hydroxyl groups is 1. The first-order chi connectivity index (χ1) is 17.9. The fourth-order valence-electron chi connectivity index (χ4n) is 7.36. The van der Waals surface area contributed by atoms with Crippen molar-refractivity contribution in [2.24, 2.45) is 11.8 Å². The van der Waals surface area contributed by atoms with Crippen molar-refractivity contribution in [2.45, 2.75) is 101 Å². The number of nitrogens with zero attached hydrogens (tertiary/aromatic N) is 1. The highest BCUT2D eigenvalue weighted by Crippen LogP contribution is 2.63. The van der Waals surface area contributed by atoms with E-state index in [9.17, 15) is 19.5 Å². The van der Waals surface area contributed by atoms with E-state index >= 15 is 0 Å². The molecule has 3 amide bonds. The molecule has 5 rings (SSSR count). The highest BCUT2D eigenvalue weighted by Gasteiger charge is 2.77. The second-order valence-corrected chi connectivity index (χ2v) is 11.6. The van der Waals surface area contributed by atoms with E-state index in [4.69, 9.17) is 4.74 Å². The van der Waals surface area contributed by atoms with E-state index in [0.29, 0.717) is 38.8 Å². The molecule has 1 aliphatic carbocycles. The Morgan fingerprint density at radius 1 is 1.05 bits per heavy atom. The normalized spacial score (nSPS) is 33.0. The molecule has 1 aromatic carbocycles. The molecule has 4 fully saturated rings. The summed E-state index contributed by atoms with van der Waals surface area (Å²) in [5.74, 6) is -1.76. The maximum absolute atomic E-state index is 14.0. The van der Waals surface area contributed by atoms with Crippen LogP contribution in [0.3, 0.4) is 0 Å². The molecule has 2 unspecified atom stereocenters. The summed E-state index contributed by atoms with van der Waals surface area (Å²) in [7, 11) is 0. The van der Waals surface area contributed by atoms with Crippen molar-refractivity contribution in [1.29, 1.82) is 0 Å². The molecular formula is C29H41N3O5. The summed E-state index contributed by atoms with van der Waals surface area (Å²) in [4.78, 5) is 43.2. The van der Waals surface area contributed by atoms with E-state index in [2.05, 4.69) is 10.6 Å². The Kier molecular flexibility index (Phi) is 7.59. The van der Waals surface area contributed by atoms with Gasteiger partial charge in [-0.2, -0.15) is 0 Å². The van der Waals surface area contributed by atoms with Gasteiger partial charge >= 0.3 is 0 Å². The van der Waals surface area contributed by atoms with Crippen molar-refractivity contribution < 1.29 is 24.2 Å². The lowest BCUT2D eigenvalue weighted by Crippen LogP contribution is -2.57. The van der Waals surface area contributed by atoms with Crippen molar-refractivity contribution in [3.63, 3.8) is 0 Å². The SMILES string of the molecule is C[C@@]12CCC3(O1)C(C(=O)NC1CCCCC1)N(CCCCCO)C(=O)[C@@H]3[C@@H]2C(=O)NCc1ccccc1. The molecule has 1 saturated carbocycles. The van der Waals surface area contributed by atoms with Crippen molar-refractivity contribution in [1.82, 2.24) is 15.5 Å². The molecule has 2 bridgehead atoms. The first-order valence-electron chi connectivity index (χ1n) is 14.1. The first kappa shape index (κ1) is 26.2. The molecule has 4 aliphatic rings. The summed E-state index contributed by atoms with van der Waals surface area (Å²) >= 11 is 0. The van der Waals surface area contributed by atoms with Crippen molar-refractivity contribution in [2.75, 3.05) is 13.2 Å². The van der Waals surface area contributed by atoms with Crippen LogP contribution >= 0.6 is 0 Å². The van der Waals surface area contributed by atoms with Gasteiger partial charge < -0.3 is 25.4 Å². The molecule has 1 aromatic rings. The quantitative estimate of drug-likeness (QED) is 0.419. The van der Waals surface area contributed by atoms with Crippen LogP contribution in [0.2, 0.25) is 0 Å². The number of amides is 3. The van der Waals surface area contributed by atoms with Gasteiger partial charge in [0.1, 0.15) is 11.6 Å². The number of likely N-dealkylation sites (tertiary alicyclic amines) is 1. The number of carbonyl (C=O) groups excluding carboxylic acids is 3. The van der Waals surface area contributed by atoms with E-state index in [1.165, 1.54) is 6.42 Å². The number of aliphatic hydroxyl groups excluding tert-OH is 1. The Balaban J connectivity index is 1.39. The summed E-state index contributed by atoms with van der Waals surface area (Å²) in [5.41, 5.74) is -0.753. The highest BCUT2D eigenvalue weighted by atomic mass is 16.5. The smallest absolute Gasteiger partial charge is 0.246 e. The molecule has 3 heterocycles. The summed E-state index contributed by atoms with van der Waals surface area (Å²) in [6.07, 6.45) is 8.69. The minimum Gasteiger partial charge on any atom is -0.396 e. The maximum atomic E-state index is 14.0. The van der Waals surface area contributed by atoms with Crippen molar-refractivity contribution in [3.05, 3.63) is 35.9 Å². The number of ether oxygens (including phenoxy) is 1. The Morgan fingerprint density at radius 3 is 2.54 bits per heavy atom. The summed E-state index contributed by atoms with van der Waals surface area (Å²) < 4.78 is 6.68. The summed E-state index contributed by atoms with van der Waals surface area (Å²) in [6, 6.07) is 9.12. The third-order valence-electron chi connectivity index (χ3n) is 9.13. The highest BCUT2D eigenvalue weighted by molar-refractivity contribution is 5.99. The second kappa shape index (κ2) is 10.7. The van der Waals surface area contributed by atoms with Gasteiger partial charge in [-0.25, -0.2) is 0 Å². The maximum Gasteiger partial charge on any atom is 0.246 e. The average molecular weight is 512 g/mol. The van der Waals surface area contributed by atoms with Crippen molar-refractivity contribution >= 4 is 17.7 Å². The van der Waals surface area contributed by atoms with E-state index in [1.807, 2.05) is 37.3 Å². The van der Waals surface area contributed by atoms with Crippen LogP contribution in [-0.2, 0) is 25.7 Å². The molecule has 5 atom stereocenters. The fourth-order valence-corrected chi connectivity index (χ4v) is 7.36. The van der Waals surface area contributed by atoms with E-state index < -0.39 is 29.1 Å². The van der Waals surface area contributed by atoms with Crippen LogP contribution in [0.15, 0.2) is 30.3 Å². The van der Waals surface area contributed by atoms with E-state index in [1.54, 1.807) is 4.90 Å². The minimum atomic E-state index is -0.976. The molecular weight excluding hydrogens is 470 g/mol. The van der Waals surface area contributed by atoms with Crippen LogP contribution in [0.25, 0.3) is 0 Å². The summed E-state index contributed by atoms with van der Waals surface area (Å²) in [5, 5.41) is 15.5. The van der Waals surface area contributed by atoms with Crippen LogP contribution in [0.1, 0.15) is 76.7 Å². The molecule has 0 radical (unpaired) electrons. The van der Waals surface area contributed by atoms with Gasteiger partial charge in [-0.15, -0.1) is 0 Å². The number of hydrogen-bond donors (Lipinski definition) is 3. The van der Waals surface area contributed by atoms with Gasteiger partial charge in [0.15, 0.2) is 0 Å². The molecule has 37 heavy (non-hydrogen) atoms. The van der Waals surface area contributed by atoms with Gasteiger partial charge in [0.2, 0.25) is 17.7 Å². The monoisotopic (exact) mass is 511 g/mol. The number of fused-ring (bicyclic) bond motifs is 1. The molecule has 1 spiro atoms. The topological polar surface area (TPSA) is 108 Å². The zero-order chi connectivity index (χ0) is 26.0. The molecule has 3 N–H and O–H groups in total. The number of rotatable bonds is 10. The van der Waals surface area contributed by atoms with Crippen LogP contribution in [-0.4, -0.2) is 64.2 Å². The largest absolute Gasteiger partial charge is 0.396 e. The van der Waals surface area contributed by atoms with Gasteiger partial charge in [-0.05, 0) is 57.4 Å². The molecule has 202 valence electrons. The lowest BCUT2D eigenvalue weighted by molar-refractivity contribution is -0.146. The third kappa shape index (κ3) is 4.78. The minimum absolute atomic E-state index is 0.108. The second-order valence-electron chi connectivity index (χ2n) is 11.6. The molecule has 3 aliphatic heterocycles. The number of nitrogens with one attached hydrogen (secondary N) is 2. The predicted octanol–water partition coefficient (Wildman–Crippen LogP) is 2.68. The van der Waals surface area contributed by atoms with Crippen molar-refractivity contribution in [3.8, 4) is 0 Å². The van der Waals surface area contributed by atoms with Crippen LogP contribution in [0.5, 0.6) is 0 Å². The van der Waals surface area contributed by atoms with E-state index in [-0.39, 0.29) is 30.4 Å². The average Bonchev–Trinajstić information content (AvgIpc) is 3.47. The Bertz CT molecular complexity index is 997. The van der Waals surface area contributed by atoms with Crippen LogP contribution in [0.4, 0.5) is 0 Å². The molecule has 0 aromatic heterocycles. The van der Waals surface area contributed by atoms with Gasteiger partial charge in [-0.3, -0.25) is 14.4 Å². The van der Waals surface area contributed by atoms with Crippen LogP contribution < -0.4 is 10.6 Å². The Hall–Kier alpha value is -2.45. The van der Waals surface area contributed by atoms with E-state index in [0.717, 1.165) is 37.7 Å². The number of unbranched alkanes of at least 4 members (excludes halogenated alkanes) is 2. The first-order valence-corrected chi connectivity index (χ1v) is 14.1. The van der Waals surface area contributed by atoms with Gasteiger partial charge in [0.25, 0.3) is 0 Å². The predicted molar refractivity (Wildman–Crippen MR) is 138 cm³/mol. The van der Waals surface area contributed by atoms with Gasteiger partial charge in [-0.1, -0.05) is 49.6 Å². The number of carbonyl (C=O) groups is 3. The number of benzene rings is 1. The lowest BCUT2D eigenvalue weighted by atomic mass is 9.66. The van der Waals surface area contributed by atoms with Crippen LogP contribution in [0, 0.1) is 11.8 Å². The Morgan fingerprint density at radius 2 is 1.81 bits per heavy atom. The van der Waals surface area contributed by atoms with Gasteiger partial charge in [0.05, 0.1) is 17.4 Å². The summed E-state index contributed by atoms with van der Waals surface area (Å²) in [6.45, 7) is 2.86. The third-order valence-corrected chi connectivity index (χ3v) is 9.13. The van der Waals surface area contributed by atoms with Gasteiger partial charge in [0, 0.05) is 25.7 Å². The zero-order valence-electron chi connectivity index (χ0n) is 21.9. The molecule has 8 nitrogen and oxygen atoms in total. The molecule has 8 heteroatoms. The fraction of sp³-hybridized carbons (Fsp3) is 0.690. The Labute approximate surface area is 219 Å². The number of hydrogen-bond acceptors (Lipinski definition) is 5. The zero-order valence-corrected chi connectivity index (χ0v) is 21.9. The lowest BCUT2D eigenvalue weighted by Gasteiger charge is -2.35.